The molecule has 20 nitrogen and oxygen atoms in total. The molecule has 6 N–H and O–H groups in total. The Morgan fingerprint density at radius 2 is 1.45 bits per heavy atom. The molecule has 0 spiro atoms. The van der Waals surface area contributed by atoms with E-state index in [1.54, 1.807) is 0 Å². The third-order valence-corrected chi connectivity index (χ3v) is 7.70. The second-order valence-electron chi connectivity index (χ2n) is 10.3. The number of aliphatic imine (C=N–C) groups is 1. The fourth-order valence-electron chi connectivity index (χ4n) is 5.19. The Kier molecular flexibility index (Phi) is 13.2. The molecule has 0 aromatic carbocycles. The number of hydrogen-bond acceptors (Lipinski definition) is 19. The van der Waals surface area contributed by atoms with Gasteiger partial charge in [-0.3, -0.25) is 9.79 Å². The van der Waals surface area contributed by atoms with Gasteiger partial charge >= 0.3 is 29.8 Å². The number of dihydropyridines is 1. The van der Waals surface area contributed by atoms with Crippen LogP contribution in [0.25, 0.3) is 0 Å². The van der Waals surface area contributed by atoms with Gasteiger partial charge in [0.1, 0.15) is 36.2 Å². The molecule has 260 valence electrons. The van der Waals surface area contributed by atoms with E-state index in [1.807, 2.05) is 0 Å². The van der Waals surface area contributed by atoms with E-state index in [9.17, 15) is 49.5 Å². The average Bonchev–Trinajstić information content (AvgIpc) is 3.54. The maximum absolute atomic E-state index is 11.9. The number of ether oxygens (including phenoxy) is 6. The number of fused-ring (bicyclic) bond motifs is 1. The Hall–Kier alpha value is -4.18. The van der Waals surface area contributed by atoms with Gasteiger partial charge in [0.25, 0.3) is 0 Å². The maximum Gasteiger partial charge on any atom is 0.354 e. The lowest BCUT2D eigenvalue weighted by Crippen LogP contribution is -2.59. The van der Waals surface area contributed by atoms with Gasteiger partial charge in [-0.15, -0.1) is 10.2 Å². The second-order valence-corrected chi connectivity index (χ2v) is 10.3. The molecular formula is C27H36N4O16. The zero-order valence-corrected chi connectivity index (χ0v) is 25.7. The zero-order valence-electron chi connectivity index (χ0n) is 25.7. The molecular weight excluding hydrogens is 636 g/mol. The van der Waals surface area contributed by atoms with Crippen molar-refractivity contribution in [2.75, 3.05) is 54.7 Å². The number of esters is 4. The maximum atomic E-state index is 11.9. The van der Waals surface area contributed by atoms with Crippen molar-refractivity contribution in [3.05, 3.63) is 11.1 Å². The lowest BCUT2D eigenvalue weighted by Gasteiger charge is -2.39. The molecule has 4 aliphatic rings. The van der Waals surface area contributed by atoms with Crippen LogP contribution in [-0.4, -0.2) is 164 Å². The molecule has 0 amide bonds. The minimum atomic E-state index is -1.59. The van der Waals surface area contributed by atoms with Gasteiger partial charge in [0.05, 0.1) is 53.8 Å². The molecule has 4 heterocycles. The number of carboxylic acids is 1. The van der Waals surface area contributed by atoms with Gasteiger partial charge in [0.15, 0.2) is 17.7 Å². The molecule has 0 aromatic rings. The van der Waals surface area contributed by atoms with Crippen LogP contribution in [0.5, 0.6) is 0 Å². The number of carbonyl (C=O) groups excluding carboxylic acids is 4. The summed E-state index contributed by atoms with van der Waals surface area (Å²) in [6, 6.07) is -1.03. The summed E-state index contributed by atoms with van der Waals surface area (Å²) in [6.07, 6.45) is -7.21. The zero-order chi connectivity index (χ0) is 35.0. The molecule has 0 saturated carbocycles. The van der Waals surface area contributed by atoms with Crippen LogP contribution in [0.3, 0.4) is 0 Å². The first-order valence-electron chi connectivity index (χ1n) is 14.0. The standard InChI is InChI=1S/C16H23NO10.C11H13N3O6/c1-24-14(22)8-4-17-9(15(23)25-2)3-7(8)6-26-16-13(21)12(20)11(19)10(5-18)27-16;1-19-10(17)6-4-3-12-7(9(15)16)5(4)8(14-13-6)11(18)20-2/h10-13,16,18-21H,3-6H2,1-2H3;4-5,7,12H,3H2,1-2H3,(H,15,16)/t10?,11-,12-,13?,16+;/m0./s1. The fourth-order valence-corrected chi connectivity index (χ4v) is 5.19. The van der Waals surface area contributed by atoms with E-state index < -0.39 is 85.0 Å². The van der Waals surface area contributed by atoms with Crippen LogP contribution in [0.2, 0.25) is 0 Å². The monoisotopic (exact) mass is 672 g/mol. The molecule has 4 aliphatic heterocycles. The molecule has 0 aromatic heterocycles. The highest BCUT2D eigenvalue weighted by Gasteiger charge is 2.51. The number of carboxylic acid groups (broad SMARTS) is 1. The van der Waals surface area contributed by atoms with Crippen molar-refractivity contribution >= 4 is 47.0 Å². The summed E-state index contributed by atoms with van der Waals surface area (Å²) < 4.78 is 29.2. The first-order chi connectivity index (χ1) is 22.3. The van der Waals surface area contributed by atoms with Crippen LogP contribution >= 0.6 is 0 Å². The van der Waals surface area contributed by atoms with Crippen LogP contribution in [0, 0.1) is 11.8 Å². The summed E-state index contributed by atoms with van der Waals surface area (Å²) in [5, 5.41) is 58.0. The van der Waals surface area contributed by atoms with Gasteiger partial charge in [-0.2, -0.15) is 0 Å². The first kappa shape index (κ1) is 37.3. The number of aliphatic hydroxyl groups excluding tert-OH is 4. The topological polar surface area (TPSA) is 291 Å². The highest BCUT2D eigenvalue weighted by atomic mass is 16.7. The van der Waals surface area contributed by atoms with Gasteiger partial charge in [-0.1, -0.05) is 0 Å². The second kappa shape index (κ2) is 16.6. The number of methoxy groups -OCH3 is 4. The van der Waals surface area contributed by atoms with Crippen molar-refractivity contribution < 1.29 is 77.9 Å². The van der Waals surface area contributed by atoms with Crippen molar-refractivity contribution in [2.24, 2.45) is 27.0 Å². The Morgan fingerprint density at radius 1 is 0.851 bits per heavy atom. The van der Waals surface area contributed by atoms with Crippen molar-refractivity contribution in [3.8, 4) is 0 Å². The van der Waals surface area contributed by atoms with Crippen molar-refractivity contribution in [1.29, 1.82) is 0 Å². The summed E-state index contributed by atoms with van der Waals surface area (Å²) in [4.78, 5) is 62.1. The Morgan fingerprint density at radius 3 is 2.02 bits per heavy atom. The average molecular weight is 673 g/mol. The smallest absolute Gasteiger partial charge is 0.354 e. The number of aliphatic hydroxyl groups is 4. The molecule has 0 radical (unpaired) electrons. The molecule has 8 atom stereocenters. The Labute approximate surface area is 266 Å². The van der Waals surface area contributed by atoms with E-state index in [0.717, 1.165) is 7.11 Å². The van der Waals surface area contributed by atoms with E-state index in [1.165, 1.54) is 21.3 Å². The van der Waals surface area contributed by atoms with Crippen LogP contribution in [0.15, 0.2) is 26.3 Å². The minimum Gasteiger partial charge on any atom is -0.480 e. The summed E-state index contributed by atoms with van der Waals surface area (Å²) in [5.41, 5.74) is 0.547. The third-order valence-electron chi connectivity index (χ3n) is 7.70. The highest BCUT2D eigenvalue weighted by molar-refractivity contribution is 6.43. The normalized spacial score (nSPS) is 29.9. The summed E-state index contributed by atoms with van der Waals surface area (Å²) >= 11 is 0. The summed E-state index contributed by atoms with van der Waals surface area (Å²) in [5.74, 6) is -5.29. The van der Waals surface area contributed by atoms with E-state index in [-0.39, 0.29) is 48.8 Å². The summed E-state index contributed by atoms with van der Waals surface area (Å²) in [6.45, 7) is -0.765. The fraction of sp³-hybridized carbons (Fsp3) is 0.630. The Balaban J connectivity index is 0.000000267. The van der Waals surface area contributed by atoms with E-state index in [2.05, 4.69) is 34.7 Å². The third kappa shape index (κ3) is 8.22. The van der Waals surface area contributed by atoms with Gasteiger partial charge in [-0.25, -0.2) is 19.2 Å². The largest absolute Gasteiger partial charge is 0.480 e. The van der Waals surface area contributed by atoms with Gasteiger partial charge in [-0.05, 0) is 5.57 Å². The molecule has 5 unspecified atom stereocenters. The minimum absolute atomic E-state index is 0.00130. The van der Waals surface area contributed by atoms with Crippen molar-refractivity contribution in [3.63, 3.8) is 0 Å². The Bertz CT molecular complexity index is 1360. The molecule has 0 aliphatic carbocycles. The number of nitrogens with one attached hydrogen (secondary N) is 1. The van der Waals surface area contributed by atoms with Gasteiger partial charge in [0.2, 0.25) is 0 Å². The highest BCUT2D eigenvalue weighted by Crippen LogP contribution is 2.30. The lowest BCUT2D eigenvalue weighted by molar-refractivity contribution is -0.299. The first-order valence-corrected chi connectivity index (χ1v) is 14.0. The number of hydrogen-bond donors (Lipinski definition) is 6. The quantitative estimate of drug-likeness (QED) is 0.0998. The van der Waals surface area contributed by atoms with E-state index in [4.69, 9.17) is 14.2 Å². The number of carbonyl (C=O) groups is 5. The predicted octanol–water partition coefficient (Wildman–Crippen LogP) is -4.28. The predicted molar refractivity (Wildman–Crippen MR) is 153 cm³/mol. The molecule has 2 saturated heterocycles. The van der Waals surface area contributed by atoms with Gasteiger partial charge in [0, 0.05) is 24.8 Å². The molecule has 0 bridgehead atoms. The number of nitrogens with zero attached hydrogens (tertiary/aromatic N) is 3. The van der Waals surface area contributed by atoms with Gasteiger partial charge < -0.3 is 59.3 Å². The molecule has 47 heavy (non-hydrogen) atoms. The van der Waals surface area contributed by atoms with Crippen LogP contribution in [-0.2, 0) is 52.4 Å². The lowest BCUT2D eigenvalue weighted by atomic mass is 9.82. The number of rotatable bonds is 9. The van der Waals surface area contributed by atoms with E-state index >= 15 is 0 Å². The SMILES string of the molecule is COC(=O)C1=NCC(C(=O)OC)=C(CO[C@@H]2OC(CO)[C@H](O)[C@H](O)C2O)C1.COC(=O)C1=NN=C(C(=O)OC)C2C1CNC2C(=O)O. The van der Waals surface area contributed by atoms with Crippen LogP contribution in [0.1, 0.15) is 6.42 Å². The van der Waals surface area contributed by atoms with Crippen molar-refractivity contribution in [2.45, 2.75) is 43.2 Å². The van der Waals surface area contributed by atoms with Crippen LogP contribution < -0.4 is 5.32 Å². The summed E-state index contributed by atoms with van der Waals surface area (Å²) in [7, 11) is 4.76. The molecule has 2 fully saturated rings. The van der Waals surface area contributed by atoms with Crippen molar-refractivity contribution in [1.82, 2.24) is 5.32 Å². The van der Waals surface area contributed by atoms with Crippen LogP contribution in [0.4, 0.5) is 0 Å². The molecule has 4 rings (SSSR count). The molecule has 20 heteroatoms. The number of aliphatic carboxylic acids is 1. The van der Waals surface area contributed by atoms with E-state index in [0.29, 0.717) is 5.57 Å².